The summed E-state index contributed by atoms with van der Waals surface area (Å²) in [4.78, 5) is 1.21. The molecule has 3 heterocycles. The molecule has 19 heavy (non-hydrogen) atoms. The Labute approximate surface area is 118 Å². The highest BCUT2D eigenvalue weighted by atomic mass is 32.1. The maximum absolute atomic E-state index is 5.19. The van der Waals surface area contributed by atoms with E-state index in [9.17, 15) is 0 Å². The molecule has 0 amide bonds. The van der Waals surface area contributed by atoms with Crippen LogP contribution in [0.15, 0.2) is 45.4 Å². The van der Waals surface area contributed by atoms with Crippen molar-refractivity contribution in [2.45, 2.75) is 6.42 Å². The van der Waals surface area contributed by atoms with Crippen LogP contribution in [0.1, 0.15) is 16.5 Å². The first-order chi connectivity index (χ1) is 9.33. The molecule has 0 fully saturated rings. The molecule has 0 bridgehead atoms. The van der Waals surface area contributed by atoms with Crippen molar-refractivity contribution in [3.8, 4) is 0 Å². The van der Waals surface area contributed by atoms with E-state index in [4.69, 9.17) is 16.6 Å². The first kappa shape index (κ1) is 12.1. The lowest BCUT2D eigenvalue weighted by atomic mass is 10.3. The molecule has 0 atom stereocenters. The van der Waals surface area contributed by atoms with Crippen LogP contribution in [0.2, 0.25) is 0 Å². The summed E-state index contributed by atoms with van der Waals surface area (Å²) in [7, 11) is 0. The van der Waals surface area contributed by atoms with Gasteiger partial charge < -0.3 is 4.42 Å². The summed E-state index contributed by atoms with van der Waals surface area (Å²) in [5.41, 5.74) is 0. The number of H-pyrrole nitrogens is 1. The summed E-state index contributed by atoms with van der Waals surface area (Å²) in [5.74, 6) is 1.44. The van der Waals surface area contributed by atoms with Crippen molar-refractivity contribution < 1.29 is 4.42 Å². The first-order valence-electron chi connectivity index (χ1n) is 5.59. The predicted molar refractivity (Wildman–Crippen MR) is 76.2 cm³/mol. The summed E-state index contributed by atoms with van der Waals surface area (Å²) in [6.45, 7) is 0. The van der Waals surface area contributed by atoms with Gasteiger partial charge in [-0.15, -0.1) is 11.3 Å². The van der Waals surface area contributed by atoms with E-state index < -0.39 is 0 Å². The minimum atomic E-state index is 0.467. The molecule has 0 aliphatic heterocycles. The van der Waals surface area contributed by atoms with Crippen LogP contribution in [-0.2, 0) is 6.42 Å². The fourth-order valence-electron chi connectivity index (χ4n) is 1.61. The van der Waals surface area contributed by atoms with Gasteiger partial charge in [0, 0.05) is 11.3 Å². The summed E-state index contributed by atoms with van der Waals surface area (Å²) in [5, 5.41) is 13.3. The molecule has 96 valence electrons. The highest BCUT2D eigenvalue weighted by Crippen LogP contribution is 2.13. The third kappa shape index (κ3) is 2.72. The van der Waals surface area contributed by atoms with Crippen LogP contribution in [0.3, 0.4) is 0 Å². The van der Waals surface area contributed by atoms with Crippen molar-refractivity contribution in [2.24, 2.45) is 5.10 Å². The number of nitrogens with one attached hydrogen (secondary N) is 1. The summed E-state index contributed by atoms with van der Waals surface area (Å²) < 4.78 is 7.27. The average molecular weight is 290 g/mol. The maximum Gasteiger partial charge on any atom is 0.216 e. The van der Waals surface area contributed by atoms with Gasteiger partial charge in [0.25, 0.3) is 0 Å². The third-order valence-electron chi connectivity index (χ3n) is 2.47. The van der Waals surface area contributed by atoms with Gasteiger partial charge in [-0.2, -0.15) is 14.9 Å². The van der Waals surface area contributed by atoms with Gasteiger partial charge in [0.15, 0.2) is 5.82 Å². The number of aromatic nitrogens is 3. The van der Waals surface area contributed by atoms with Gasteiger partial charge in [-0.3, -0.25) is 5.10 Å². The van der Waals surface area contributed by atoms with Crippen LogP contribution in [-0.4, -0.2) is 21.1 Å². The molecule has 0 saturated heterocycles. The lowest BCUT2D eigenvalue weighted by Crippen LogP contribution is -1.99. The van der Waals surface area contributed by atoms with Crippen molar-refractivity contribution in [2.75, 3.05) is 0 Å². The van der Waals surface area contributed by atoms with Crippen molar-refractivity contribution in [3.05, 3.63) is 57.1 Å². The van der Waals surface area contributed by atoms with Gasteiger partial charge in [0.2, 0.25) is 4.77 Å². The predicted octanol–water partition coefficient (Wildman–Crippen LogP) is 3.07. The minimum Gasteiger partial charge on any atom is -0.463 e. The molecule has 0 aromatic carbocycles. The Balaban J connectivity index is 1.88. The van der Waals surface area contributed by atoms with E-state index in [1.807, 2.05) is 23.6 Å². The molecule has 1 N–H and O–H groups in total. The minimum absolute atomic E-state index is 0.467. The smallest absolute Gasteiger partial charge is 0.216 e. The van der Waals surface area contributed by atoms with Gasteiger partial charge in [0.1, 0.15) is 5.76 Å². The van der Waals surface area contributed by atoms with Crippen molar-refractivity contribution in [1.29, 1.82) is 0 Å². The lowest BCUT2D eigenvalue weighted by Gasteiger charge is -1.98. The van der Waals surface area contributed by atoms with E-state index in [1.165, 1.54) is 4.88 Å². The molecule has 3 aromatic rings. The molecular formula is C12H10N4OS2. The molecule has 0 saturated carbocycles. The Morgan fingerprint density at radius 1 is 1.47 bits per heavy atom. The maximum atomic E-state index is 5.19. The van der Waals surface area contributed by atoms with Crippen LogP contribution in [0.25, 0.3) is 0 Å². The Bertz CT molecular complexity index is 722. The zero-order valence-electron chi connectivity index (χ0n) is 9.81. The Morgan fingerprint density at radius 3 is 3.16 bits per heavy atom. The molecule has 0 spiro atoms. The fourth-order valence-corrected chi connectivity index (χ4v) is 2.51. The van der Waals surface area contributed by atoms with E-state index in [0.717, 1.165) is 5.82 Å². The van der Waals surface area contributed by atoms with Crippen LogP contribution < -0.4 is 0 Å². The second-order valence-electron chi connectivity index (χ2n) is 3.77. The van der Waals surface area contributed by atoms with Gasteiger partial charge >= 0.3 is 0 Å². The standard InChI is InChI=1S/C12H10N4OS2/c18-12-15-14-11(7-10-4-2-6-19-10)16(12)13-8-9-3-1-5-17-9/h1-6,8H,7H2,(H,15,18)/b13-8-. The summed E-state index contributed by atoms with van der Waals surface area (Å²) in [6.07, 6.45) is 3.91. The zero-order chi connectivity index (χ0) is 13.1. The second-order valence-corrected chi connectivity index (χ2v) is 5.19. The largest absolute Gasteiger partial charge is 0.463 e. The number of aromatic amines is 1. The monoisotopic (exact) mass is 290 g/mol. The topological polar surface area (TPSA) is 59.1 Å². The van der Waals surface area contributed by atoms with E-state index in [-0.39, 0.29) is 0 Å². The molecule has 7 heteroatoms. The second kappa shape index (κ2) is 5.33. The highest BCUT2D eigenvalue weighted by Gasteiger charge is 2.06. The average Bonchev–Trinajstić information content (AvgIpc) is 3.12. The molecule has 3 aromatic heterocycles. The van der Waals surface area contributed by atoms with Crippen molar-refractivity contribution in [1.82, 2.24) is 14.9 Å². The number of thiophene rings is 1. The van der Waals surface area contributed by atoms with Gasteiger partial charge in [-0.25, -0.2) is 0 Å². The Hall–Kier alpha value is -1.99. The highest BCUT2D eigenvalue weighted by molar-refractivity contribution is 7.71. The SMILES string of the molecule is S=c1[nH]nc(Cc2cccs2)n1/N=C\c1ccco1. The summed E-state index contributed by atoms with van der Waals surface area (Å²) >= 11 is 6.85. The Morgan fingerprint density at radius 2 is 2.42 bits per heavy atom. The first-order valence-corrected chi connectivity index (χ1v) is 6.88. The molecular weight excluding hydrogens is 280 g/mol. The number of furan rings is 1. The van der Waals surface area contributed by atoms with E-state index >= 15 is 0 Å². The van der Waals surface area contributed by atoms with Gasteiger partial charge in [0.05, 0.1) is 12.5 Å². The van der Waals surface area contributed by atoms with Crippen LogP contribution in [0.4, 0.5) is 0 Å². The van der Waals surface area contributed by atoms with Gasteiger partial charge in [-0.1, -0.05) is 6.07 Å². The van der Waals surface area contributed by atoms with Crippen molar-refractivity contribution in [3.63, 3.8) is 0 Å². The van der Waals surface area contributed by atoms with Crippen LogP contribution >= 0.6 is 23.6 Å². The van der Waals surface area contributed by atoms with Crippen molar-refractivity contribution >= 4 is 29.8 Å². The molecule has 0 aliphatic rings. The number of rotatable bonds is 4. The van der Waals surface area contributed by atoms with E-state index in [1.54, 1.807) is 28.5 Å². The zero-order valence-corrected chi connectivity index (χ0v) is 11.4. The normalized spacial score (nSPS) is 11.4. The van der Waals surface area contributed by atoms with E-state index in [2.05, 4.69) is 21.4 Å². The lowest BCUT2D eigenvalue weighted by molar-refractivity contribution is 0.559. The third-order valence-corrected chi connectivity index (χ3v) is 3.61. The molecule has 0 radical (unpaired) electrons. The number of nitrogens with zero attached hydrogens (tertiary/aromatic N) is 3. The molecule has 0 unspecified atom stereocenters. The quantitative estimate of drug-likeness (QED) is 0.593. The Kier molecular flexibility index (Phi) is 3.39. The molecule has 3 rings (SSSR count). The number of hydrogen-bond donors (Lipinski definition) is 1. The molecule has 5 nitrogen and oxygen atoms in total. The number of hydrogen-bond acceptors (Lipinski definition) is 5. The van der Waals surface area contributed by atoms with Gasteiger partial charge in [-0.05, 0) is 35.8 Å². The van der Waals surface area contributed by atoms with Crippen LogP contribution in [0.5, 0.6) is 0 Å². The molecule has 0 aliphatic carbocycles. The fraction of sp³-hybridized carbons (Fsp3) is 0.0833. The van der Waals surface area contributed by atoms with E-state index in [0.29, 0.717) is 17.0 Å². The summed E-state index contributed by atoms with van der Waals surface area (Å²) in [6, 6.07) is 7.70. The van der Waals surface area contributed by atoms with Crippen LogP contribution in [0, 0.1) is 4.77 Å².